The van der Waals surface area contributed by atoms with E-state index in [9.17, 15) is 0 Å². The van der Waals surface area contributed by atoms with Crippen molar-refractivity contribution in [1.82, 2.24) is 15.0 Å². The van der Waals surface area contributed by atoms with E-state index in [4.69, 9.17) is 5.73 Å². The Morgan fingerprint density at radius 2 is 2.27 bits per heavy atom. The Kier molecular flexibility index (Phi) is 2.57. The second kappa shape index (κ2) is 3.28. The fourth-order valence-electron chi connectivity index (χ4n) is 0.828. The van der Waals surface area contributed by atoms with E-state index in [-0.39, 0.29) is 32.7 Å². The van der Waals surface area contributed by atoms with Crippen LogP contribution in [0.4, 0.5) is 5.82 Å². The number of H-pyrrole nitrogens is 1. The molecule has 0 saturated carbocycles. The average Bonchev–Trinajstić information content (AvgIpc) is 2.36. The fraction of sp³-hybridized carbons (Fsp3) is 0. The van der Waals surface area contributed by atoms with Crippen molar-refractivity contribution in [3.8, 4) is 0 Å². The van der Waals surface area contributed by atoms with E-state index in [1.54, 1.807) is 6.20 Å². The summed E-state index contributed by atoms with van der Waals surface area (Å²) < 4.78 is 0. The Hall–Kier alpha value is -0.476. The van der Waals surface area contributed by atoms with Crippen LogP contribution in [0.3, 0.4) is 0 Å². The van der Waals surface area contributed by atoms with Crippen molar-refractivity contribution >= 4 is 16.9 Å². The summed E-state index contributed by atoms with van der Waals surface area (Å²) in [5.41, 5.74) is 6.23. The van der Waals surface area contributed by atoms with Crippen molar-refractivity contribution in [2.75, 3.05) is 5.73 Å². The zero-order valence-electron chi connectivity index (χ0n) is 5.70. The van der Waals surface area contributed by atoms with Crippen molar-refractivity contribution in [2.45, 2.75) is 0 Å². The molecule has 0 spiro atoms. The van der Waals surface area contributed by atoms with Crippen LogP contribution in [-0.2, 0) is 32.7 Å². The molecular weight excluding hydrogens is 217 g/mol. The smallest absolute Gasteiger partial charge is 0.0918 e. The molecule has 2 heterocycles. The predicted octanol–water partition coefficient (Wildman–Crippen LogP) is 0.338. The van der Waals surface area contributed by atoms with E-state index in [2.05, 4.69) is 21.0 Å². The van der Waals surface area contributed by atoms with Gasteiger partial charge < -0.3 is 10.7 Å². The summed E-state index contributed by atoms with van der Waals surface area (Å²) in [4.78, 5) is 10.6. The summed E-state index contributed by atoms with van der Waals surface area (Å²) in [7, 11) is 0. The first-order valence-corrected chi connectivity index (χ1v) is 2.83. The SMILES string of the molecule is Nc1ncnc2[nH]c[c-]c12.[Y]. The van der Waals surface area contributed by atoms with Gasteiger partial charge in [0.15, 0.2) is 0 Å². The Morgan fingerprint density at radius 3 is 3.00 bits per heavy atom. The van der Waals surface area contributed by atoms with Gasteiger partial charge in [0.05, 0.1) is 6.33 Å². The van der Waals surface area contributed by atoms with Gasteiger partial charge in [0.1, 0.15) is 0 Å². The molecule has 0 atom stereocenters. The molecule has 0 saturated heterocycles. The molecule has 53 valence electrons. The number of rotatable bonds is 0. The zero-order valence-corrected chi connectivity index (χ0v) is 8.54. The van der Waals surface area contributed by atoms with Gasteiger partial charge in [-0.3, -0.25) is 9.97 Å². The van der Waals surface area contributed by atoms with Crippen molar-refractivity contribution in [3.63, 3.8) is 0 Å². The number of nitrogens with zero attached hydrogens (tertiary/aromatic N) is 2. The molecule has 5 heteroatoms. The molecule has 0 aliphatic carbocycles. The Morgan fingerprint density at radius 1 is 1.45 bits per heavy atom. The Balaban J connectivity index is 0.000000605. The quantitative estimate of drug-likeness (QED) is 0.631. The van der Waals surface area contributed by atoms with Gasteiger partial charge in [-0.15, -0.1) is 5.39 Å². The third kappa shape index (κ3) is 1.41. The van der Waals surface area contributed by atoms with Gasteiger partial charge in [-0.2, -0.15) is 6.07 Å². The van der Waals surface area contributed by atoms with Crippen LogP contribution in [0.5, 0.6) is 0 Å². The molecular formula is C6H5N4Y-. The summed E-state index contributed by atoms with van der Waals surface area (Å²) in [6.45, 7) is 0. The molecule has 11 heavy (non-hydrogen) atoms. The number of aromatic amines is 1. The van der Waals surface area contributed by atoms with Gasteiger partial charge in [0, 0.05) is 44.2 Å². The van der Waals surface area contributed by atoms with E-state index in [0.717, 1.165) is 11.0 Å². The van der Waals surface area contributed by atoms with E-state index >= 15 is 0 Å². The minimum absolute atomic E-state index is 0. The number of anilines is 1. The van der Waals surface area contributed by atoms with Gasteiger partial charge in [0.2, 0.25) is 0 Å². The molecule has 0 aliphatic rings. The average molecular weight is 222 g/mol. The third-order valence-electron chi connectivity index (χ3n) is 1.30. The topological polar surface area (TPSA) is 67.6 Å². The summed E-state index contributed by atoms with van der Waals surface area (Å²) in [5, 5.41) is 0.752. The first kappa shape index (κ1) is 8.62. The van der Waals surface area contributed by atoms with E-state index in [1.807, 2.05) is 0 Å². The maximum atomic E-state index is 5.50. The van der Waals surface area contributed by atoms with Gasteiger partial charge in [-0.25, -0.2) is 0 Å². The van der Waals surface area contributed by atoms with Crippen molar-refractivity contribution in [2.24, 2.45) is 0 Å². The molecule has 0 aromatic carbocycles. The van der Waals surface area contributed by atoms with Crippen molar-refractivity contribution in [3.05, 3.63) is 18.6 Å². The van der Waals surface area contributed by atoms with Crippen LogP contribution in [0, 0.1) is 6.07 Å². The summed E-state index contributed by atoms with van der Waals surface area (Å²) in [5.74, 6) is 0.464. The first-order chi connectivity index (χ1) is 4.88. The van der Waals surface area contributed by atoms with E-state index < -0.39 is 0 Å². The molecule has 0 aliphatic heterocycles. The van der Waals surface area contributed by atoms with Gasteiger partial charge in [0.25, 0.3) is 0 Å². The number of nitrogen functional groups attached to an aromatic ring is 1. The molecule has 0 bridgehead atoms. The van der Waals surface area contributed by atoms with Crippen LogP contribution in [0.1, 0.15) is 0 Å². The Labute approximate surface area is 88.5 Å². The van der Waals surface area contributed by atoms with Crippen molar-refractivity contribution in [1.29, 1.82) is 0 Å². The standard InChI is InChI=1S/C6H5N4.Y/c7-5-4-1-2-8-6(4)10-3-9-5;/h2-3H,(H3,7,8,9,10);/q-1;. The Bertz CT molecular complexity index is 356. The third-order valence-corrected chi connectivity index (χ3v) is 1.30. The number of aromatic nitrogens is 3. The van der Waals surface area contributed by atoms with Gasteiger partial charge >= 0.3 is 0 Å². The maximum absolute atomic E-state index is 5.50. The van der Waals surface area contributed by atoms with Gasteiger partial charge in [-0.05, 0) is 0 Å². The van der Waals surface area contributed by atoms with E-state index in [0.29, 0.717) is 5.82 Å². The first-order valence-electron chi connectivity index (χ1n) is 2.83. The summed E-state index contributed by atoms with van der Waals surface area (Å²) in [6.07, 6.45) is 3.08. The number of hydrogen-bond donors (Lipinski definition) is 2. The number of fused-ring (bicyclic) bond motifs is 1. The number of hydrogen-bond acceptors (Lipinski definition) is 3. The van der Waals surface area contributed by atoms with Crippen LogP contribution in [0.25, 0.3) is 11.0 Å². The summed E-state index contributed by atoms with van der Waals surface area (Å²) >= 11 is 0. The second-order valence-corrected chi connectivity index (χ2v) is 1.92. The van der Waals surface area contributed by atoms with Crippen LogP contribution in [0.15, 0.2) is 12.5 Å². The molecule has 0 fully saturated rings. The monoisotopic (exact) mass is 222 g/mol. The second-order valence-electron chi connectivity index (χ2n) is 1.92. The number of nitrogens with one attached hydrogen (secondary N) is 1. The molecule has 2 aromatic rings. The molecule has 2 rings (SSSR count). The van der Waals surface area contributed by atoms with Gasteiger partial charge in [-0.1, -0.05) is 6.20 Å². The molecule has 2 aromatic heterocycles. The number of nitrogens with two attached hydrogens (primary N) is 1. The van der Waals surface area contributed by atoms with Crippen molar-refractivity contribution < 1.29 is 32.7 Å². The molecule has 0 amide bonds. The largest absolute Gasteiger partial charge is 0.434 e. The molecule has 3 N–H and O–H groups in total. The molecule has 1 radical (unpaired) electrons. The van der Waals surface area contributed by atoms with Crippen LogP contribution in [0.2, 0.25) is 0 Å². The van der Waals surface area contributed by atoms with E-state index in [1.165, 1.54) is 6.33 Å². The van der Waals surface area contributed by atoms with Crippen LogP contribution in [-0.4, -0.2) is 15.0 Å². The zero-order chi connectivity index (χ0) is 6.97. The fourth-order valence-corrected chi connectivity index (χ4v) is 0.828. The maximum Gasteiger partial charge on any atom is 0.0918 e. The minimum Gasteiger partial charge on any atom is -0.434 e. The predicted molar refractivity (Wildman–Crippen MR) is 37.1 cm³/mol. The minimum atomic E-state index is 0. The molecule has 0 unspecified atom stereocenters. The van der Waals surface area contributed by atoms with Crippen LogP contribution < -0.4 is 5.73 Å². The normalized spacial score (nSPS) is 9.45. The van der Waals surface area contributed by atoms with Crippen LogP contribution >= 0.6 is 0 Å². The molecule has 4 nitrogen and oxygen atoms in total. The summed E-state index contributed by atoms with van der Waals surface area (Å²) in [6, 6.07) is 2.88.